The number of nitro groups is 1. The van der Waals surface area contributed by atoms with Gasteiger partial charge in [0.2, 0.25) is 0 Å². The zero-order valence-electron chi connectivity index (χ0n) is 16.8. The van der Waals surface area contributed by atoms with Gasteiger partial charge in [-0.05, 0) is 56.2 Å². The molecule has 2 aromatic carbocycles. The largest absolute Gasteiger partial charge is 0.483 e. The van der Waals surface area contributed by atoms with Gasteiger partial charge in [-0.1, -0.05) is 17.7 Å². The van der Waals surface area contributed by atoms with Gasteiger partial charge in [0.1, 0.15) is 17.3 Å². The molecular weight excluding hydrogens is 386 g/mol. The normalized spacial score (nSPS) is 10.9. The number of benzene rings is 2. The van der Waals surface area contributed by atoms with Gasteiger partial charge in [-0.2, -0.15) is 5.10 Å². The molecule has 30 heavy (non-hydrogen) atoms. The van der Waals surface area contributed by atoms with Crippen LogP contribution in [0.4, 0.5) is 5.69 Å². The SMILES string of the molecule is Cc1ccc(OCC(=O)NN=Cc2ccc(-c3ccc([N+](=O)[O-])cc3C)o2)c(C)c1. The molecule has 3 rings (SSSR count). The summed E-state index contributed by atoms with van der Waals surface area (Å²) < 4.78 is 11.2. The van der Waals surface area contributed by atoms with Crippen molar-refractivity contribution in [2.75, 3.05) is 6.61 Å². The lowest BCUT2D eigenvalue weighted by atomic mass is 10.1. The van der Waals surface area contributed by atoms with E-state index < -0.39 is 10.8 Å². The van der Waals surface area contributed by atoms with E-state index in [0.29, 0.717) is 17.3 Å². The summed E-state index contributed by atoms with van der Waals surface area (Å²) in [5.74, 6) is 1.23. The molecule has 1 amide bonds. The number of rotatable bonds is 7. The molecule has 0 aliphatic carbocycles. The lowest BCUT2D eigenvalue weighted by molar-refractivity contribution is -0.384. The molecular formula is C22H21N3O5. The van der Waals surface area contributed by atoms with E-state index in [1.807, 2.05) is 32.0 Å². The Kier molecular flexibility index (Phi) is 6.26. The number of aryl methyl sites for hydroxylation is 3. The minimum atomic E-state index is -0.441. The van der Waals surface area contributed by atoms with Crippen molar-refractivity contribution in [2.45, 2.75) is 20.8 Å². The van der Waals surface area contributed by atoms with Crippen LogP contribution in [-0.4, -0.2) is 23.7 Å². The van der Waals surface area contributed by atoms with Gasteiger partial charge >= 0.3 is 0 Å². The van der Waals surface area contributed by atoms with Crippen LogP contribution in [0.2, 0.25) is 0 Å². The molecule has 8 nitrogen and oxygen atoms in total. The molecule has 1 heterocycles. The van der Waals surface area contributed by atoms with Crippen LogP contribution in [0.1, 0.15) is 22.5 Å². The van der Waals surface area contributed by atoms with E-state index >= 15 is 0 Å². The molecule has 0 saturated heterocycles. The molecule has 0 atom stereocenters. The van der Waals surface area contributed by atoms with Gasteiger partial charge in [0.05, 0.1) is 11.1 Å². The number of hydrogen-bond donors (Lipinski definition) is 1. The number of carbonyl (C=O) groups excluding carboxylic acids is 1. The third-order valence-electron chi connectivity index (χ3n) is 4.38. The Morgan fingerprint density at radius 2 is 1.93 bits per heavy atom. The third kappa shape index (κ3) is 5.11. The molecule has 0 unspecified atom stereocenters. The van der Waals surface area contributed by atoms with Gasteiger partial charge in [0.15, 0.2) is 6.61 Å². The van der Waals surface area contributed by atoms with Crippen molar-refractivity contribution in [1.82, 2.24) is 5.43 Å². The zero-order chi connectivity index (χ0) is 21.7. The van der Waals surface area contributed by atoms with E-state index in [1.54, 1.807) is 25.1 Å². The third-order valence-corrected chi connectivity index (χ3v) is 4.38. The molecule has 0 spiro atoms. The topological polar surface area (TPSA) is 107 Å². The van der Waals surface area contributed by atoms with Gasteiger partial charge in [-0.15, -0.1) is 0 Å². The Bertz CT molecular complexity index is 1120. The molecule has 0 saturated carbocycles. The minimum Gasteiger partial charge on any atom is -0.483 e. The first kappa shape index (κ1) is 20.8. The molecule has 3 aromatic rings. The average Bonchev–Trinajstić information content (AvgIpc) is 3.15. The van der Waals surface area contributed by atoms with Crippen molar-refractivity contribution in [3.63, 3.8) is 0 Å². The highest BCUT2D eigenvalue weighted by atomic mass is 16.6. The first-order valence-corrected chi connectivity index (χ1v) is 9.20. The summed E-state index contributed by atoms with van der Waals surface area (Å²) >= 11 is 0. The Morgan fingerprint density at radius 1 is 1.13 bits per heavy atom. The fourth-order valence-electron chi connectivity index (χ4n) is 2.91. The van der Waals surface area contributed by atoms with Crippen LogP contribution in [0.15, 0.2) is 58.0 Å². The fraction of sp³-hybridized carbons (Fsp3) is 0.182. The van der Waals surface area contributed by atoms with Crippen LogP contribution in [0.3, 0.4) is 0 Å². The Morgan fingerprint density at radius 3 is 2.63 bits per heavy atom. The van der Waals surface area contributed by atoms with Gasteiger partial charge in [-0.25, -0.2) is 5.43 Å². The summed E-state index contributed by atoms with van der Waals surface area (Å²) in [7, 11) is 0. The molecule has 0 bridgehead atoms. The van der Waals surface area contributed by atoms with Gasteiger partial charge in [0, 0.05) is 17.7 Å². The molecule has 1 aromatic heterocycles. The second-order valence-electron chi connectivity index (χ2n) is 6.81. The Balaban J connectivity index is 1.56. The standard InChI is InChI=1S/C22H21N3O5/c1-14-4-8-20(16(3)10-14)29-13-22(26)24-23-12-18-6-9-21(30-18)19-7-5-17(25(27)28)11-15(19)2/h4-12H,13H2,1-3H3,(H,24,26). The maximum atomic E-state index is 11.9. The molecule has 0 aliphatic rings. The minimum absolute atomic E-state index is 0.0235. The van der Waals surface area contributed by atoms with E-state index in [2.05, 4.69) is 10.5 Å². The fourth-order valence-corrected chi connectivity index (χ4v) is 2.91. The quantitative estimate of drug-likeness (QED) is 0.357. The molecule has 8 heteroatoms. The number of hydrazone groups is 1. The maximum Gasteiger partial charge on any atom is 0.277 e. The van der Waals surface area contributed by atoms with Crippen LogP contribution >= 0.6 is 0 Å². The van der Waals surface area contributed by atoms with E-state index in [9.17, 15) is 14.9 Å². The summed E-state index contributed by atoms with van der Waals surface area (Å²) in [5, 5.41) is 14.7. The number of carbonyl (C=O) groups is 1. The average molecular weight is 407 g/mol. The smallest absolute Gasteiger partial charge is 0.277 e. The van der Waals surface area contributed by atoms with Gasteiger partial charge < -0.3 is 9.15 Å². The van der Waals surface area contributed by atoms with Crippen molar-refractivity contribution in [2.24, 2.45) is 5.10 Å². The van der Waals surface area contributed by atoms with Crippen molar-refractivity contribution in [1.29, 1.82) is 0 Å². The highest BCUT2D eigenvalue weighted by molar-refractivity contribution is 5.82. The second-order valence-corrected chi connectivity index (χ2v) is 6.81. The Labute approximate surface area is 173 Å². The van der Waals surface area contributed by atoms with Gasteiger partial charge in [0.25, 0.3) is 11.6 Å². The van der Waals surface area contributed by atoms with Crippen molar-refractivity contribution >= 4 is 17.8 Å². The highest BCUT2D eigenvalue weighted by Crippen LogP contribution is 2.28. The number of hydrogen-bond acceptors (Lipinski definition) is 6. The molecule has 0 fully saturated rings. The van der Waals surface area contributed by atoms with Crippen LogP contribution in [0.5, 0.6) is 5.75 Å². The first-order valence-electron chi connectivity index (χ1n) is 9.20. The summed E-state index contributed by atoms with van der Waals surface area (Å²) in [6.45, 7) is 5.52. The molecule has 0 radical (unpaired) electrons. The monoisotopic (exact) mass is 407 g/mol. The first-order chi connectivity index (χ1) is 14.3. The summed E-state index contributed by atoms with van der Waals surface area (Å²) in [5.41, 5.74) is 5.95. The lowest BCUT2D eigenvalue weighted by Crippen LogP contribution is -2.24. The number of furan rings is 1. The number of non-ortho nitro benzene ring substituents is 1. The van der Waals surface area contributed by atoms with Crippen molar-refractivity contribution in [3.05, 3.63) is 81.1 Å². The number of nitro benzene ring substituents is 1. The van der Waals surface area contributed by atoms with E-state index in [1.165, 1.54) is 18.3 Å². The van der Waals surface area contributed by atoms with Crippen molar-refractivity contribution in [3.8, 4) is 17.1 Å². The van der Waals surface area contributed by atoms with E-state index in [-0.39, 0.29) is 12.3 Å². The summed E-state index contributed by atoms with van der Waals surface area (Å²) in [4.78, 5) is 22.3. The lowest BCUT2D eigenvalue weighted by Gasteiger charge is -2.08. The summed E-state index contributed by atoms with van der Waals surface area (Å²) in [6.07, 6.45) is 1.37. The van der Waals surface area contributed by atoms with Crippen LogP contribution < -0.4 is 10.2 Å². The van der Waals surface area contributed by atoms with Crippen LogP contribution in [0.25, 0.3) is 11.3 Å². The molecule has 1 N–H and O–H groups in total. The Hall–Kier alpha value is -3.94. The number of nitrogens with zero attached hydrogens (tertiary/aromatic N) is 2. The summed E-state index contributed by atoms with van der Waals surface area (Å²) in [6, 6.07) is 13.7. The van der Waals surface area contributed by atoms with Gasteiger partial charge in [-0.3, -0.25) is 14.9 Å². The second kappa shape index (κ2) is 9.04. The van der Waals surface area contributed by atoms with E-state index in [4.69, 9.17) is 9.15 Å². The molecule has 0 aliphatic heterocycles. The number of ether oxygens (including phenoxy) is 1. The predicted octanol–water partition coefficient (Wildman–Crippen LogP) is 4.31. The maximum absolute atomic E-state index is 11.9. The zero-order valence-corrected chi connectivity index (χ0v) is 16.8. The predicted molar refractivity (Wildman–Crippen MR) is 113 cm³/mol. The number of nitrogens with one attached hydrogen (secondary N) is 1. The molecule has 154 valence electrons. The van der Waals surface area contributed by atoms with Crippen molar-refractivity contribution < 1.29 is 18.9 Å². The van der Waals surface area contributed by atoms with E-state index in [0.717, 1.165) is 22.3 Å². The highest BCUT2D eigenvalue weighted by Gasteiger charge is 2.12. The van der Waals surface area contributed by atoms with Crippen LogP contribution in [0, 0.1) is 30.9 Å². The van der Waals surface area contributed by atoms with Crippen LogP contribution in [-0.2, 0) is 4.79 Å². The number of amides is 1.